The van der Waals surface area contributed by atoms with Gasteiger partial charge >= 0.3 is 0 Å². The van der Waals surface area contributed by atoms with Crippen LogP contribution in [0.4, 0.5) is 0 Å². The predicted molar refractivity (Wildman–Crippen MR) is 73.4 cm³/mol. The Balaban J connectivity index is 1.95. The topological polar surface area (TPSA) is 41.1 Å². The zero-order valence-corrected chi connectivity index (χ0v) is 11.7. The molecule has 1 atom stereocenters. The Morgan fingerprint density at radius 1 is 1.33 bits per heavy atom. The molecule has 0 aromatic carbocycles. The van der Waals surface area contributed by atoms with Crippen LogP contribution < -0.4 is 5.32 Å². The molecule has 18 heavy (non-hydrogen) atoms. The van der Waals surface area contributed by atoms with E-state index in [2.05, 4.69) is 34.2 Å². The van der Waals surface area contributed by atoms with Crippen molar-refractivity contribution in [2.24, 2.45) is 5.92 Å². The molecule has 4 heteroatoms. The summed E-state index contributed by atoms with van der Waals surface area (Å²) in [6.07, 6.45) is 6.13. The van der Waals surface area contributed by atoms with E-state index in [-0.39, 0.29) is 0 Å². The largest absolute Gasteiger partial charge is 0.317 e. The van der Waals surface area contributed by atoms with Gasteiger partial charge in [-0.1, -0.05) is 0 Å². The van der Waals surface area contributed by atoms with Crippen LogP contribution in [0.3, 0.4) is 0 Å². The van der Waals surface area contributed by atoms with Crippen LogP contribution >= 0.6 is 0 Å². The highest BCUT2D eigenvalue weighted by Gasteiger charge is 2.20. The maximum absolute atomic E-state index is 4.48. The van der Waals surface area contributed by atoms with Crippen molar-refractivity contribution in [1.82, 2.24) is 20.2 Å². The predicted octanol–water partition coefficient (Wildman–Crippen LogP) is 1.78. The van der Waals surface area contributed by atoms with E-state index in [1.165, 1.54) is 12.8 Å². The Bertz CT molecular complexity index is 374. The van der Waals surface area contributed by atoms with E-state index in [4.69, 9.17) is 0 Å². The second-order valence-electron chi connectivity index (χ2n) is 5.34. The molecule has 1 aliphatic rings. The number of aryl methyl sites for hydroxylation is 1. The number of rotatable bonds is 4. The first kappa shape index (κ1) is 13.4. The molecule has 0 spiro atoms. The third-order valence-corrected chi connectivity index (χ3v) is 3.98. The standard InChI is InChI=1S/C14H24N4/c1-11-14(17-9-8-16-11)12(2)18(3)10-13-4-6-15-7-5-13/h8-9,12-13,15H,4-7,10H2,1-3H3. The summed E-state index contributed by atoms with van der Waals surface area (Å²) >= 11 is 0. The van der Waals surface area contributed by atoms with Crippen LogP contribution in [0.2, 0.25) is 0 Å². The Morgan fingerprint density at radius 2 is 2.00 bits per heavy atom. The van der Waals surface area contributed by atoms with Gasteiger partial charge in [0.1, 0.15) is 0 Å². The first-order chi connectivity index (χ1) is 8.68. The van der Waals surface area contributed by atoms with E-state index in [1.54, 1.807) is 12.4 Å². The van der Waals surface area contributed by atoms with Crippen molar-refractivity contribution >= 4 is 0 Å². The molecule has 4 nitrogen and oxygen atoms in total. The molecule has 0 radical (unpaired) electrons. The van der Waals surface area contributed by atoms with Crippen LogP contribution in [0, 0.1) is 12.8 Å². The van der Waals surface area contributed by atoms with E-state index >= 15 is 0 Å². The van der Waals surface area contributed by atoms with Crippen LogP contribution in [0.5, 0.6) is 0 Å². The molecule has 2 heterocycles. The summed E-state index contributed by atoms with van der Waals surface area (Å²) in [7, 11) is 2.20. The van der Waals surface area contributed by atoms with Gasteiger partial charge in [-0.2, -0.15) is 0 Å². The maximum atomic E-state index is 4.48. The zero-order valence-electron chi connectivity index (χ0n) is 11.7. The van der Waals surface area contributed by atoms with Crippen molar-refractivity contribution in [3.8, 4) is 0 Å². The molecule has 0 amide bonds. The van der Waals surface area contributed by atoms with Crippen LogP contribution in [-0.4, -0.2) is 41.5 Å². The summed E-state index contributed by atoms with van der Waals surface area (Å²) in [6.45, 7) is 7.74. The fourth-order valence-electron chi connectivity index (χ4n) is 2.67. The summed E-state index contributed by atoms with van der Waals surface area (Å²) in [5.74, 6) is 0.815. The minimum absolute atomic E-state index is 0.341. The molecule has 1 aromatic heterocycles. The lowest BCUT2D eigenvalue weighted by molar-refractivity contribution is 0.193. The highest BCUT2D eigenvalue weighted by Crippen LogP contribution is 2.22. The van der Waals surface area contributed by atoms with Gasteiger partial charge in [0.25, 0.3) is 0 Å². The Morgan fingerprint density at radius 3 is 2.67 bits per heavy atom. The smallest absolute Gasteiger partial charge is 0.0784 e. The van der Waals surface area contributed by atoms with E-state index in [9.17, 15) is 0 Å². The quantitative estimate of drug-likeness (QED) is 0.882. The molecule has 1 aliphatic heterocycles. The van der Waals surface area contributed by atoms with E-state index in [0.29, 0.717) is 6.04 Å². The lowest BCUT2D eigenvalue weighted by Gasteiger charge is -2.31. The van der Waals surface area contributed by atoms with Gasteiger partial charge in [0.15, 0.2) is 0 Å². The number of hydrogen-bond acceptors (Lipinski definition) is 4. The minimum atomic E-state index is 0.341. The molecule has 0 saturated carbocycles. The van der Waals surface area contributed by atoms with Crippen molar-refractivity contribution in [2.45, 2.75) is 32.7 Å². The van der Waals surface area contributed by atoms with Gasteiger partial charge in [-0.3, -0.25) is 14.9 Å². The fourth-order valence-corrected chi connectivity index (χ4v) is 2.67. The summed E-state index contributed by atoms with van der Waals surface area (Å²) < 4.78 is 0. The summed E-state index contributed by atoms with van der Waals surface area (Å²) in [5.41, 5.74) is 2.15. The minimum Gasteiger partial charge on any atom is -0.317 e. The second kappa shape index (κ2) is 6.25. The van der Waals surface area contributed by atoms with Gasteiger partial charge < -0.3 is 5.32 Å². The Kier molecular flexibility index (Phi) is 4.66. The van der Waals surface area contributed by atoms with E-state index < -0.39 is 0 Å². The summed E-state index contributed by atoms with van der Waals surface area (Å²) in [6, 6.07) is 0.341. The number of nitrogens with zero attached hydrogens (tertiary/aromatic N) is 3. The molecule has 2 rings (SSSR count). The molecule has 1 unspecified atom stereocenters. The molecule has 1 saturated heterocycles. The molecule has 100 valence electrons. The number of nitrogens with one attached hydrogen (secondary N) is 1. The first-order valence-electron chi connectivity index (χ1n) is 6.87. The average Bonchev–Trinajstić information content (AvgIpc) is 2.39. The van der Waals surface area contributed by atoms with Crippen molar-refractivity contribution in [3.63, 3.8) is 0 Å². The van der Waals surface area contributed by atoms with Crippen LogP contribution in [0.1, 0.15) is 37.2 Å². The fraction of sp³-hybridized carbons (Fsp3) is 0.714. The number of piperidine rings is 1. The normalized spacial score (nSPS) is 19.1. The maximum Gasteiger partial charge on any atom is 0.0784 e. The third-order valence-electron chi connectivity index (χ3n) is 3.98. The highest BCUT2D eigenvalue weighted by molar-refractivity contribution is 5.12. The summed E-state index contributed by atoms with van der Waals surface area (Å²) in [4.78, 5) is 11.2. The third kappa shape index (κ3) is 3.27. The van der Waals surface area contributed by atoms with Gasteiger partial charge in [0, 0.05) is 18.9 Å². The molecule has 1 fully saturated rings. The van der Waals surface area contributed by atoms with Gasteiger partial charge in [0.05, 0.1) is 17.4 Å². The zero-order chi connectivity index (χ0) is 13.0. The lowest BCUT2D eigenvalue weighted by atomic mass is 9.97. The molecule has 1 N–H and O–H groups in total. The van der Waals surface area contributed by atoms with Crippen molar-refractivity contribution in [3.05, 3.63) is 23.8 Å². The molecule has 0 aliphatic carbocycles. The van der Waals surface area contributed by atoms with Gasteiger partial charge in [-0.25, -0.2) is 0 Å². The van der Waals surface area contributed by atoms with Crippen LogP contribution in [-0.2, 0) is 0 Å². The monoisotopic (exact) mass is 248 g/mol. The van der Waals surface area contributed by atoms with Gasteiger partial charge in [-0.15, -0.1) is 0 Å². The second-order valence-corrected chi connectivity index (χ2v) is 5.34. The number of aromatic nitrogens is 2. The van der Waals surface area contributed by atoms with E-state index in [1.807, 2.05) is 6.92 Å². The van der Waals surface area contributed by atoms with Crippen LogP contribution in [0.25, 0.3) is 0 Å². The molecule has 1 aromatic rings. The van der Waals surface area contributed by atoms with Crippen molar-refractivity contribution in [2.75, 3.05) is 26.7 Å². The SMILES string of the molecule is Cc1nccnc1C(C)N(C)CC1CCNCC1. The van der Waals surface area contributed by atoms with Crippen LogP contribution in [0.15, 0.2) is 12.4 Å². The molecular weight excluding hydrogens is 224 g/mol. The first-order valence-corrected chi connectivity index (χ1v) is 6.87. The lowest BCUT2D eigenvalue weighted by Crippen LogP contribution is -2.35. The van der Waals surface area contributed by atoms with E-state index in [0.717, 1.165) is 36.9 Å². The Hall–Kier alpha value is -1.00. The average molecular weight is 248 g/mol. The van der Waals surface area contributed by atoms with Gasteiger partial charge in [0.2, 0.25) is 0 Å². The molecular formula is C14H24N4. The molecule has 0 bridgehead atoms. The highest BCUT2D eigenvalue weighted by atomic mass is 15.1. The van der Waals surface area contributed by atoms with Crippen molar-refractivity contribution in [1.29, 1.82) is 0 Å². The number of hydrogen-bond donors (Lipinski definition) is 1. The van der Waals surface area contributed by atoms with Crippen molar-refractivity contribution < 1.29 is 0 Å². The Labute approximate surface area is 110 Å². The summed E-state index contributed by atoms with van der Waals surface area (Å²) in [5, 5.41) is 3.42. The van der Waals surface area contributed by atoms with Gasteiger partial charge in [-0.05, 0) is 52.7 Å².